The molecular weight excluding hydrogens is 290 g/mol. The Bertz CT molecular complexity index is 663. The van der Waals surface area contributed by atoms with Crippen LogP contribution in [-0.2, 0) is 6.54 Å². The van der Waals surface area contributed by atoms with E-state index in [-0.39, 0.29) is 0 Å². The van der Waals surface area contributed by atoms with Gasteiger partial charge >= 0.3 is 0 Å². The van der Waals surface area contributed by atoms with Crippen LogP contribution in [0.5, 0.6) is 0 Å². The molecule has 0 saturated heterocycles. The summed E-state index contributed by atoms with van der Waals surface area (Å²) in [6, 6.07) is 0. The van der Waals surface area contributed by atoms with E-state index in [4.69, 9.17) is 17.2 Å². The third-order valence-electron chi connectivity index (χ3n) is 3.40. The molecule has 2 aromatic rings. The molecule has 0 spiro atoms. The fourth-order valence-electron chi connectivity index (χ4n) is 2.23. The van der Waals surface area contributed by atoms with E-state index < -0.39 is 0 Å². The van der Waals surface area contributed by atoms with Crippen LogP contribution in [0.3, 0.4) is 0 Å². The van der Waals surface area contributed by atoms with Gasteiger partial charge in [-0.15, -0.1) is 0 Å². The highest BCUT2D eigenvalue weighted by Gasteiger charge is 2.32. The van der Waals surface area contributed by atoms with Crippen molar-refractivity contribution in [3.8, 4) is 10.7 Å². The highest BCUT2D eigenvalue weighted by atomic mass is 32.1. The van der Waals surface area contributed by atoms with Crippen molar-refractivity contribution in [2.24, 2.45) is 0 Å². The molecule has 3 rings (SSSR count). The van der Waals surface area contributed by atoms with Crippen LogP contribution in [0.2, 0.25) is 0 Å². The highest BCUT2D eigenvalue weighted by molar-refractivity contribution is 7.71. The number of nitrogens with zero attached hydrogens (tertiary/aromatic N) is 4. The number of anilines is 1. The summed E-state index contributed by atoms with van der Waals surface area (Å²) in [7, 11) is 4.06. The molecular formula is C13H19N5S2. The third kappa shape index (κ3) is 2.40. The predicted octanol–water partition coefficient (Wildman–Crippen LogP) is 3.42. The van der Waals surface area contributed by atoms with Gasteiger partial charge in [-0.05, 0) is 31.5 Å². The number of hydrogen-bond donors (Lipinski definition) is 1. The monoisotopic (exact) mass is 309 g/mol. The summed E-state index contributed by atoms with van der Waals surface area (Å²) in [4.78, 5) is 8.04. The molecule has 5 nitrogen and oxygen atoms in total. The zero-order valence-electron chi connectivity index (χ0n) is 12.0. The number of nitrogens with one attached hydrogen (secondary N) is 1. The van der Waals surface area contributed by atoms with Gasteiger partial charge in [-0.3, -0.25) is 9.67 Å². The van der Waals surface area contributed by atoms with Crippen LogP contribution in [0.15, 0.2) is 0 Å². The van der Waals surface area contributed by atoms with Gasteiger partial charge in [0.2, 0.25) is 0 Å². The zero-order valence-corrected chi connectivity index (χ0v) is 13.6. The lowest BCUT2D eigenvalue weighted by atomic mass is 10.2. The molecule has 0 aliphatic heterocycles. The topological polar surface area (TPSA) is 49.7 Å². The zero-order chi connectivity index (χ0) is 14.3. The minimum Gasteiger partial charge on any atom is -0.354 e. The molecule has 1 aliphatic carbocycles. The van der Waals surface area contributed by atoms with Gasteiger partial charge in [0.1, 0.15) is 0 Å². The quantitative estimate of drug-likeness (QED) is 0.860. The summed E-state index contributed by atoms with van der Waals surface area (Å²) < 4.78 is 2.79. The Labute approximate surface area is 127 Å². The van der Waals surface area contributed by atoms with Crippen LogP contribution in [0, 0.1) is 4.77 Å². The maximum Gasteiger partial charge on any atom is 0.195 e. The van der Waals surface area contributed by atoms with Gasteiger partial charge in [0, 0.05) is 26.6 Å². The number of thiazole rings is 1. The second kappa shape index (κ2) is 5.29. The van der Waals surface area contributed by atoms with Gasteiger partial charge in [0.25, 0.3) is 0 Å². The molecule has 7 heteroatoms. The van der Waals surface area contributed by atoms with Crippen molar-refractivity contribution in [3.63, 3.8) is 0 Å². The number of rotatable bonds is 5. The molecule has 0 radical (unpaired) electrons. The van der Waals surface area contributed by atoms with E-state index in [1.165, 1.54) is 23.4 Å². The summed E-state index contributed by atoms with van der Waals surface area (Å²) in [5.74, 6) is 1.56. The number of H-pyrrole nitrogens is 1. The molecule has 1 saturated carbocycles. The summed E-state index contributed by atoms with van der Waals surface area (Å²) in [5.41, 5.74) is 1.20. The van der Waals surface area contributed by atoms with E-state index in [1.54, 1.807) is 11.3 Å². The molecule has 0 atom stereocenters. The van der Waals surface area contributed by atoms with Crippen molar-refractivity contribution in [1.82, 2.24) is 19.7 Å². The van der Waals surface area contributed by atoms with Crippen LogP contribution in [0.25, 0.3) is 10.7 Å². The van der Waals surface area contributed by atoms with Crippen LogP contribution in [0.1, 0.15) is 37.8 Å². The number of hydrogen-bond acceptors (Lipinski definition) is 5. The minimum absolute atomic E-state index is 0.607. The van der Waals surface area contributed by atoms with Crippen molar-refractivity contribution in [1.29, 1.82) is 0 Å². The van der Waals surface area contributed by atoms with E-state index in [1.807, 2.05) is 14.1 Å². The molecule has 2 aromatic heterocycles. The van der Waals surface area contributed by atoms with E-state index in [2.05, 4.69) is 26.6 Å². The summed E-state index contributed by atoms with van der Waals surface area (Å²) in [6.07, 6.45) is 3.52. The lowest BCUT2D eigenvalue weighted by molar-refractivity contribution is 0.675. The van der Waals surface area contributed by atoms with Gasteiger partial charge in [0.05, 0.1) is 10.6 Å². The summed E-state index contributed by atoms with van der Waals surface area (Å²) in [6.45, 7) is 3.04. The highest BCUT2D eigenvalue weighted by Crippen LogP contribution is 2.47. The van der Waals surface area contributed by atoms with Crippen LogP contribution in [-0.4, -0.2) is 33.8 Å². The van der Waals surface area contributed by atoms with Crippen molar-refractivity contribution in [3.05, 3.63) is 10.5 Å². The molecule has 2 heterocycles. The first-order valence-corrected chi connectivity index (χ1v) is 8.18. The first-order chi connectivity index (χ1) is 9.61. The molecule has 20 heavy (non-hydrogen) atoms. The maximum absolute atomic E-state index is 5.34. The third-order valence-corrected chi connectivity index (χ3v) is 4.94. The SMILES string of the molecule is CCCn1c(-c2sc(N(C)C)nc2C2CC2)n[nH]c1=S. The van der Waals surface area contributed by atoms with E-state index in [0.29, 0.717) is 10.7 Å². The fourth-order valence-corrected chi connectivity index (χ4v) is 3.52. The second-order valence-corrected chi connectivity index (χ2v) is 6.75. The fraction of sp³-hybridized carbons (Fsp3) is 0.615. The second-order valence-electron chi connectivity index (χ2n) is 5.38. The summed E-state index contributed by atoms with van der Waals surface area (Å²) >= 11 is 7.05. The summed E-state index contributed by atoms with van der Waals surface area (Å²) in [5, 5.41) is 8.41. The van der Waals surface area contributed by atoms with Crippen LogP contribution in [0.4, 0.5) is 5.13 Å². The average Bonchev–Trinajstić information content (AvgIpc) is 3.06. The molecule has 0 aromatic carbocycles. The van der Waals surface area contributed by atoms with Crippen molar-refractivity contribution >= 4 is 28.7 Å². The van der Waals surface area contributed by atoms with E-state index in [0.717, 1.165) is 23.9 Å². The Morgan fingerprint density at radius 2 is 2.20 bits per heavy atom. The van der Waals surface area contributed by atoms with E-state index in [9.17, 15) is 0 Å². The predicted molar refractivity (Wildman–Crippen MR) is 85.1 cm³/mol. The van der Waals surface area contributed by atoms with Gasteiger partial charge in [-0.2, -0.15) is 5.10 Å². The largest absolute Gasteiger partial charge is 0.354 e. The minimum atomic E-state index is 0.607. The van der Waals surface area contributed by atoms with Gasteiger partial charge in [-0.1, -0.05) is 18.3 Å². The lowest BCUT2D eigenvalue weighted by Gasteiger charge is -2.05. The lowest BCUT2D eigenvalue weighted by Crippen LogP contribution is -2.07. The molecule has 1 fully saturated rings. The van der Waals surface area contributed by atoms with Crippen LogP contribution < -0.4 is 4.90 Å². The van der Waals surface area contributed by atoms with Crippen molar-refractivity contribution < 1.29 is 0 Å². The first-order valence-electron chi connectivity index (χ1n) is 6.95. The smallest absolute Gasteiger partial charge is 0.195 e. The van der Waals surface area contributed by atoms with Crippen LogP contribution >= 0.6 is 23.6 Å². The average molecular weight is 309 g/mol. The Kier molecular flexibility index (Phi) is 3.64. The molecule has 0 bridgehead atoms. The maximum atomic E-state index is 5.34. The Morgan fingerprint density at radius 1 is 1.45 bits per heavy atom. The molecule has 1 N–H and O–H groups in total. The Hall–Kier alpha value is -1.21. The van der Waals surface area contributed by atoms with Crippen molar-refractivity contribution in [2.75, 3.05) is 19.0 Å². The standard InChI is InChI=1S/C13H19N5S2/c1-4-7-18-11(15-16-12(18)19)10-9(8-5-6-8)14-13(20-10)17(2)3/h8H,4-7H2,1-3H3,(H,16,19). The Balaban J connectivity index is 2.11. The van der Waals surface area contributed by atoms with Gasteiger partial charge in [-0.25, -0.2) is 4.98 Å². The molecule has 0 unspecified atom stereocenters. The normalized spacial score (nSPS) is 14.8. The van der Waals surface area contributed by atoms with Crippen molar-refractivity contribution in [2.45, 2.75) is 38.6 Å². The first kappa shape index (κ1) is 13.8. The number of aromatic amines is 1. The Morgan fingerprint density at radius 3 is 2.80 bits per heavy atom. The number of aromatic nitrogens is 4. The molecule has 108 valence electrons. The molecule has 0 amide bonds. The van der Waals surface area contributed by atoms with Gasteiger partial charge in [0.15, 0.2) is 15.7 Å². The van der Waals surface area contributed by atoms with E-state index >= 15 is 0 Å². The van der Waals surface area contributed by atoms with Gasteiger partial charge < -0.3 is 4.90 Å². The molecule has 1 aliphatic rings.